The molecule has 0 bridgehead atoms. The summed E-state index contributed by atoms with van der Waals surface area (Å²) in [6, 6.07) is 17.8. The highest BCUT2D eigenvalue weighted by molar-refractivity contribution is 7.92. The number of ether oxygens (including phenoxy) is 1. The summed E-state index contributed by atoms with van der Waals surface area (Å²) in [6.45, 7) is 0. The van der Waals surface area contributed by atoms with Gasteiger partial charge in [-0.2, -0.15) is 0 Å². The third kappa shape index (κ3) is 4.26. The Bertz CT molecular complexity index is 1330. The van der Waals surface area contributed by atoms with E-state index in [-0.39, 0.29) is 17.1 Å². The highest BCUT2D eigenvalue weighted by Gasteiger charge is 2.21. The van der Waals surface area contributed by atoms with Gasteiger partial charge in [0.05, 0.1) is 17.0 Å². The second-order valence-electron chi connectivity index (χ2n) is 6.70. The van der Waals surface area contributed by atoms with Crippen molar-refractivity contribution in [1.29, 1.82) is 0 Å². The molecule has 0 aliphatic rings. The first-order valence-corrected chi connectivity index (χ1v) is 10.7. The van der Waals surface area contributed by atoms with E-state index in [0.29, 0.717) is 17.0 Å². The zero-order valence-corrected chi connectivity index (χ0v) is 17.2. The molecule has 0 amide bonds. The number of anilines is 1. The minimum absolute atomic E-state index is 0.0354. The zero-order chi connectivity index (χ0) is 22.0. The monoisotopic (exact) mass is 440 g/mol. The van der Waals surface area contributed by atoms with E-state index >= 15 is 0 Å². The van der Waals surface area contributed by atoms with Gasteiger partial charge in [0.2, 0.25) is 0 Å². The Morgan fingerprint density at radius 1 is 1.03 bits per heavy atom. The van der Waals surface area contributed by atoms with Gasteiger partial charge in [-0.1, -0.05) is 17.3 Å². The minimum Gasteiger partial charge on any atom is -0.426 e. The van der Waals surface area contributed by atoms with Crippen LogP contribution in [0.1, 0.15) is 5.69 Å². The van der Waals surface area contributed by atoms with Crippen molar-refractivity contribution in [2.24, 2.45) is 0 Å². The van der Waals surface area contributed by atoms with Crippen molar-refractivity contribution in [2.45, 2.75) is 11.3 Å². The molecule has 4 aromatic rings. The molecular formula is C22H17FN2O5S. The number of carbonyl (C=O) groups excluding carboxylic acids is 1. The molecule has 0 saturated carbocycles. The molecule has 7 nitrogen and oxygen atoms in total. The van der Waals surface area contributed by atoms with Gasteiger partial charge in [0.1, 0.15) is 17.3 Å². The quantitative estimate of drug-likeness (QED) is 0.333. The van der Waals surface area contributed by atoms with Gasteiger partial charge in [-0.25, -0.2) is 12.8 Å². The zero-order valence-electron chi connectivity index (χ0n) is 16.4. The molecule has 0 spiro atoms. The Kier molecular flexibility index (Phi) is 5.43. The summed E-state index contributed by atoms with van der Waals surface area (Å²) >= 11 is 0. The molecule has 0 N–H and O–H groups in total. The second kappa shape index (κ2) is 8.19. The van der Waals surface area contributed by atoms with Crippen LogP contribution in [0.5, 0.6) is 5.75 Å². The molecule has 31 heavy (non-hydrogen) atoms. The summed E-state index contributed by atoms with van der Waals surface area (Å²) in [7, 11) is -2.48. The van der Waals surface area contributed by atoms with Crippen LogP contribution in [0.15, 0.2) is 82.2 Å². The molecule has 158 valence electrons. The number of para-hydroxylation sites is 1. The number of esters is 1. The predicted molar refractivity (Wildman–Crippen MR) is 112 cm³/mol. The third-order valence-corrected chi connectivity index (χ3v) is 6.47. The summed E-state index contributed by atoms with van der Waals surface area (Å²) in [5, 5.41) is 4.64. The van der Waals surface area contributed by atoms with Crippen molar-refractivity contribution in [2.75, 3.05) is 11.4 Å². The molecule has 0 unspecified atom stereocenters. The van der Waals surface area contributed by atoms with E-state index in [1.807, 2.05) is 12.1 Å². The fraction of sp³-hybridized carbons (Fsp3) is 0.0909. The van der Waals surface area contributed by atoms with E-state index in [2.05, 4.69) is 5.16 Å². The number of nitrogens with zero attached hydrogens (tertiary/aromatic N) is 2. The highest BCUT2D eigenvalue weighted by atomic mass is 32.2. The average molecular weight is 440 g/mol. The van der Waals surface area contributed by atoms with Crippen LogP contribution in [0.4, 0.5) is 10.1 Å². The number of hydrogen-bond donors (Lipinski definition) is 0. The lowest BCUT2D eigenvalue weighted by Crippen LogP contribution is -2.26. The van der Waals surface area contributed by atoms with E-state index in [0.717, 1.165) is 21.8 Å². The molecule has 1 heterocycles. The van der Waals surface area contributed by atoms with Crippen molar-refractivity contribution in [1.82, 2.24) is 5.16 Å². The Balaban J connectivity index is 1.45. The topological polar surface area (TPSA) is 89.7 Å². The molecule has 1 aromatic heterocycles. The number of aromatic nitrogens is 1. The van der Waals surface area contributed by atoms with Crippen LogP contribution in [0.25, 0.3) is 11.0 Å². The SMILES string of the molecule is CN(c1ccc(OC(=O)Cc2noc3ccccc23)cc1)S(=O)(=O)c1ccc(F)cc1. The van der Waals surface area contributed by atoms with Crippen molar-refractivity contribution in [3.63, 3.8) is 0 Å². The molecule has 4 rings (SSSR count). The maximum atomic E-state index is 13.1. The second-order valence-corrected chi connectivity index (χ2v) is 8.67. The van der Waals surface area contributed by atoms with Crippen LogP contribution in [0.2, 0.25) is 0 Å². The lowest BCUT2D eigenvalue weighted by Gasteiger charge is -2.19. The average Bonchev–Trinajstić information content (AvgIpc) is 3.17. The van der Waals surface area contributed by atoms with Crippen molar-refractivity contribution in [3.05, 3.63) is 84.3 Å². The predicted octanol–water partition coefficient (Wildman–Crippen LogP) is 3.94. The van der Waals surface area contributed by atoms with Crippen molar-refractivity contribution >= 4 is 32.6 Å². The molecular weight excluding hydrogens is 423 g/mol. The first kappa shape index (κ1) is 20.5. The van der Waals surface area contributed by atoms with Gasteiger partial charge in [0.25, 0.3) is 10.0 Å². The van der Waals surface area contributed by atoms with E-state index < -0.39 is 21.8 Å². The van der Waals surface area contributed by atoms with Crippen LogP contribution in [0.3, 0.4) is 0 Å². The normalized spacial score (nSPS) is 11.4. The Hall–Kier alpha value is -3.72. The van der Waals surface area contributed by atoms with Gasteiger partial charge >= 0.3 is 5.97 Å². The molecule has 3 aromatic carbocycles. The van der Waals surface area contributed by atoms with E-state index in [1.165, 1.54) is 43.4 Å². The molecule has 0 aliphatic carbocycles. The molecule has 0 aliphatic heterocycles. The van der Waals surface area contributed by atoms with Gasteiger partial charge in [0, 0.05) is 12.4 Å². The van der Waals surface area contributed by atoms with Crippen LogP contribution in [0, 0.1) is 5.82 Å². The number of rotatable bonds is 6. The van der Waals surface area contributed by atoms with Crippen molar-refractivity contribution < 1.29 is 26.9 Å². The summed E-state index contributed by atoms with van der Waals surface area (Å²) < 4.78 is 50.0. The fourth-order valence-electron chi connectivity index (χ4n) is 3.00. The summed E-state index contributed by atoms with van der Waals surface area (Å²) in [6.07, 6.45) is -0.0718. The fourth-order valence-corrected chi connectivity index (χ4v) is 4.19. The largest absolute Gasteiger partial charge is 0.426 e. The first-order valence-electron chi connectivity index (χ1n) is 9.23. The van der Waals surface area contributed by atoms with Crippen LogP contribution >= 0.6 is 0 Å². The Labute approximate surface area is 177 Å². The molecule has 0 saturated heterocycles. The summed E-state index contributed by atoms with van der Waals surface area (Å²) in [5.41, 5.74) is 1.41. The lowest BCUT2D eigenvalue weighted by molar-refractivity contribution is -0.133. The Morgan fingerprint density at radius 2 is 1.71 bits per heavy atom. The van der Waals surface area contributed by atoms with E-state index in [9.17, 15) is 17.6 Å². The van der Waals surface area contributed by atoms with Crippen LogP contribution in [-0.2, 0) is 21.2 Å². The highest BCUT2D eigenvalue weighted by Crippen LogP contribution is 2.25. The van der Waals surface area contributed by atoms with Gasteiger partial charge < -0.3 is 9.26 Å². The summed E-state index contributed by atoms with van der Waals surface area (Å²) in [4.78, 5) is 12.2. The minimum atomic E-state index is -3.86. The third-order valence-electron chi connectivity index (χ3n) is 4.67. The van der Waals surface area contributed by atoms with Crippen molar-refractivity contribution in [3.8, 4) is 5.75 Å². The van der Waals surface area contributed by atoms with Gasteiger partial charge in [-0.15, -0.1) is 0 Å². The number of halogens is 1. The van der Waals surface area contributed by atoms with Crippen LogP contribution in [-0.4, -0.2) is 26.6 Å². The molecule has 0 fully saturated rings. The Morgan fingerprint density at radius 3 is 2.42 bits per heavy atom. The van der Waals surface area contributed by atoms with Gasteiger partial charge in [0.15, 0.2) is 5.58 Å². The number of hydrogen-bond acceptors (Lipinski definition) is 6. The van der Waals surface area contributed by atoms with Gasteiger partial charge in [-0.3, -0.25) is 9.10 Å². The van der Waals surface area contributed by atoms with E-state index in [4.69, 9.17) is 9.26 Å². The molecule has 0 atom stereocenters. The molecule has 0 radical (unpaired) electrons. The van der Waals surface area contributed by atoms with Gasteiger partial charge in [-0.05, 0) is 60.7 Å². The van der Waals surface area contributed by atoms with E-state index in [1.54, 1.807) is 12.1 Å². The smallest absolute Gasteiger partial charge is 0.317 e. The number of carbonyl (C=O) groups is 1. The lowest BCUT2D eigenvalue weighted by atomic mass is 10.2. The summed E-state index contributed by atoms with van der Waals surface area (Å²) in [5.74, 6) is -0.792. The number of benzene rings is 3. The first-order chi connectivity index (χ1) is 14.8. The maximum Gasteiger partial charge on any atom is 0.317 e. The number of sulfonamides is 1. The standard InChI is InChI=1S/C22H17FN2O5S/c1-25(31(27,28)18-12-6-15(23)7-13-18)16-8-10-17(11-9-16)29-22(26)14-20-19-4-2-3-5-21(19)30-24-20/h2-13H,14H2,1H3. The van der Waals surface area contributed by atoms with Crippen LogP contribution < -0.4 is 9.04 Å². The number of fused-ring (bicyclic) bond motifs is 1. The molecule has 9 heteroatoms. The maximum absolute atomic E-state index is 13.1.